The van der Waals surface area contributed by atoms with Crippen molar-refractivity contribution < 1.29 is 9.59 Å². The summed E-state index contributed by atoms with van der Waals surface area (Å²) in [6.45, 7) is 1.89. The Kier molecular flexibility index (Phi) is 5.94. The maximum absolute atomic E-state index is 14.7. The number of allylic oxidation sites excluding steroid dienone is 2. The predicted molar refractivity (Wildman–Crippen MR) is 163 cm³/mol. The van der Waals surface area contributed by atoms with Gasteiger partial charge in [0.1, 0.15) is 5.70 Å². The van der Waals surface area contributed by atoms with Crippen LogP contribution in [0, 0.1) is 6.92 Å². The molecular formula is C35H23BrN2O3. The normalized spacial score (nSPS) is 15.9. The first kappa shape index (κ1) is 25.2. The van der Waals surface area contributed by atoms with Gasteiger partial charge in [-0.3, -0.25) is 19.0 Å². The average molecular weight is 599 g/mol. The van der Waals surface area contributed by atoms with E-state index in [4.69, 9.17) is 0 Å². The summed E-state index contributed by atoms with van der Waals surface area (Å²) in [4.78, 5) is 45.3. The Labute approximate surface area is 245 Å². The van der Waals surface area contributed by atoms with Gasteiger partial charge in [0.05, 0.1) is 11.3 Å². The van der Waals surface area contributed by atoms with Crippen LogP contribution >= 0.6 is 15.9 Å². The molecule has 4 aromatic carbocycles. The Morgan fingerprint density at radius 3 is 1.93 bits per heavy atom. The van der Waals surface area contributed by atoms with Crippen LogP contribution in [0.25, 0.3) is 5.69 Å². The molecule has 0 saturated carbocycles. The van der Waals surface area contributed by atoms with Crippen molar-refractivity contribution >= 4 is 38.9 Å². The van der Waals surface area contributed by atoms with Gasteiger partial charge in [-0.05, 0) is 55.0 Å². The first-order valence-corrected chi connectivity index (χ1v) is 14.1. The quantitative estimate of drug-likeness (QED) is 0.215. The summed E-state index contributed by atoms with van der Waals surface area (Å²) in [7, 11) is 0. The van der Waals surface area contributed by atoms with Gasteiger partial charge in [-0.15, -0.1) is 0 Å². The number of fused-ring (bicyclic) bond motifs is 2. The lowest BCUT2D eigenvalue weighted by Gasteiger charge is -2.40. The number of anilines is 2. The van der Waals surface area contributed by atoms with Crippen molar-refractivity contribution in [1.82, 2.24) is 4.57 Å². The molecular weight excluding hydrogens is 576 g/mol. The number of halogens is 1. The molecule has 198 valence electrons. The fraction of sp³-hybridized carbons (Fsp3) is 0.0571. The van der Waals surface area contributed by atoms with Gasteiger partial charge in [0, 0.05) is 44.2 Å². The van der Waals surface area contributed by atoms with Crippen LogP contribution in [-0.2, 0) is 0 Å². The Balaban J connectivity index is 1.64. The number of hydrogen-bond donors (Lipinski definition) is 0. The van der Waals surface area contributed by atoms with Crippen LogP contribution in [-0.4, -0.2) is 16.1 Å². The fourth-order valence-electron chi connectivity index (χ4n) is 6.09. The van der Waals surface area contributed by atoms with E-state index in [1.807, 2.05) is 97.9 Å². The van der Waals surface area contributed by atoms with E-state index >= 15 is 0 Å². The summed E-state index contributed by atoms with van der Waals surface area (Å²) in [5.41, 5.74) is 5.01. The third kappa shape index (κ3) is 3.86. The topological polar surface area (TPSA) is 59.4 Å². The molecule has 6 heteroatoms. The third-order valence-electron chi connectivity index (χ3n) is 7.79. The highest BCUT2D eigenvalue weighted by Crippen LogP contribution is 2.50. The van der Waals surface area contributed by atoms with Gasteiger partial charge in [0.15, 0.2) is 5.78 Å². The largest absolute Gasteiger partial charge is 0.306 e. The maximum atomic E-state index is 14.7. The zero-order valence-corrected chi connectivity index (χ0v) is 23.6. The Bertz CT molecular complexity index is 1980. The molecule has 2 heterocycles. The smallest absolute Gasteiger partial charge is 0.261 e. The third-order valence-corrected chi connectivity index (χ3v) is 8.28. The number of nitrogens with zero attached hydrogens (tertiary/aromatic N) is 2. The van der Waals surface area contributed by atoms with Crippen molar-refractivity contribution in [3.05, 3.63) is 169 Å². The van der Waals surface area contributed by atoms with Crippen LogP contribution in [0.2, 0.25) is 0 Å². The summed E-state index contributed by atoms with van der Waals surface area (Å²) >= 11 is 3.58. The molecule has 7 rings (SSSR count). The molecule has 1 aliphatic carbocycles. The SMILES string of the molecule is Cc1cc2c(c(=O)n1-c1ccccc1)C(c1cccc(Br)c1)C1=C(C(=O)c3ccccc3C1=O)N2c1ccccc1. The van der Waals surface area contributed by atoms with Crippen molar-refractivity contribution in [2.75, 3.05) is 4.90 Å². The standard InChI is InChI=1S/C35H23BrN2O3/c1-21-19-28-30(35(41)37(21)24-13-4-2-5-14-24)29(22-11-10-12-23(36)20-22)31-32(38(28)25-15-6-3-7-16-25)34(40)27-18-9-8-17-26(27)33(31)39/h2-20,29H,1H3. The summed E-state index contributed by atoms with van der Waals surface area (Å²) in [5.74, 6) is -1.25. The number of para-hydroxylation sites is 2. The van der Waals surface area contributed by atoms with Gasteiger partial charge in [0.2, 0.25) is 5.78 Å². The van der Waals surface area contributed by atoms with Crippen LogP contribution in [0.5, 0.6) is 0 Å². The lowest BCUT2D eigenvalue weighted by atomic mass is 9.73. The number of ketones is 2. The van der Waals surface area contributed by atoms with E-state index < -0.39 is 5.92 Å². The van der Waals surface area contributed by atoms with Crippen molar-refractivity contribution in [3.8, 4) is 5.69 Å². The van der Waals surface area contributed by atoms with Crippen LogP contribution in [0.1, 0.15) is 43.5 Å². The fourth-order valence-corrected chi connectivity index (χ4v) is 6.50. The van der Waals surface area contributed by atoms with Gasteiger partial charge in [-0.25, -0.2) is 0 Å². The minimum Gasteiger partial charge on any atom is -0.306 e. The van der Waals surface area contributed by atoms with Gasteiger partial charge in [-0.2, -0.15) is 0 Å². The number of aromatic nitrogens is 1. The highest BCUT2D eigenvalue weighted by atomic mass is 79.9. The highest BCUT2D eigenvalue weighted by molar-refractivity contribution is 9.10. The molecule has 5 nitrogen and oxygen atoms in total. The second kappa shape index (κ2) is 9.68. The van der Waals surface area contributed by atoms with Crippen LogP contribution in [0.3, 0.4) is 0 Å². The van der Waals surface area contributed by atoms with E-state index in [0.29, 0.717) is 39.3 Å². The minimum atomic E-state index is -0.759. The number of benzene rings is 4. The van der Waals surface area contributed by atoms with Gasteiger partial charge in [-0.1, -0.05) is 88.7 Å². The predicted octanol–water partition coefficient (Wildman–Crippen LogP) is 7.53. The summed E-state index contributed by atoms with van der Waals surface area (Å²) < 4.78 is 2.50. The molecule has 41 heavy (non-hydrogen) atoms. The van der Waals surface area contributed by atoms with Gasteiger partial charge < -0.3 is 4.90 Å². The summed E-state index contributed by atoms with van der Waals surface area (Å²) in [6.07, 6.45) is 0. The maximum Gasteiger partial charge on any atom is 0.261 e. The van der Waals surface area contributed by atoms with Crippen molar-refractivity contribution in [2.24, 2.45) is 0 Å². The molecule has 5 aromatic rings. The van der Waals surface area contributed by atoms with E-state index in [9.17, 15) is 14.4 Å². The van der Waals surface area contributed by atoms with Crippen LogP contribution < -0.4 is 10.5 Å². The van der Waals surface area contributed by atoms with Crippen molar-refractivity contribution in [1.29, 1.82) is 0 Å². The minimum absolute atomic E-state index is 0.234. The second-order valence-electron chi connectivity index (χ2n) is 10.2. The molecule has 0 fully saturated rings. The van der Waals surface area contributed by atoms with E-state index in [2.05, 4.69) is 15.9 Å². The number of carbonyl (C=O) groups is 2. The molecule has 0 spiro atoms. The van der Waals surface area contributed by atoms with Crippen molar-refractivity contribution in [3.63, 3.8) is 0 Å². The summed E-state index contributed by atoms with van der Waals surface area (Å²) in [5, 5.41) is 0. The molecule has 0 N–H and O–H groups in total. The molecule has 0 saturated heterocycles. The number of hydrogen-bond acceptors (Lipinski definition) is 4. The Hall–Kier alpha value is -4.81. The molecule has 1 unspecified atom stereocenters. The van der Waals surface area contributed by atoms with Gasteiger partial charge >= 0.3 is 0 Å². The molecule has 1 aliphatic heterocycles. The lowest BCUT2D eigenvalue weighted by molar-refractivity contribution is 0.0968. The van der Waals surface area contributed by atoms with E-state index in [-0.39, 0.29) is 22.8 Å². The average Bonchev–Trinajstić information content (AvgIpc) is 2.99. The number of aryl methyl sites for hydroxylation is 1. The number of carbonyl (C=O) groups excluding carboxylic acids is 2. The highest BCUT2D eigenvalue weighted by Gasteiger charge is 2.46. The zero-order valence-electron chi connectivity index (χ0n) is 22.0. The number of rotatable bonds is 3. The number of pyridine rings is 1. The van der Waals surface area contributed by atoms with Crippen molar-refractivity contribution in [2.45, 2.75) is 12.8 Å². The Morgan fingerprint density at radius 1 is 0.659 bits per heavy atom. The molecule has 1 aromatic heterocycles. The van der Waals surface area contributed by atoms with E-state index in [0.717, 1.165) is 15.7 Å². The first-order chi connectivity index (χ1) is 20.0. The summed E-state index contributed by atoms with van der Waals surface area (Å²) in [6, 6.07) is 35.4. The molecule has 0 bridgehead atoms. The van der Waals surface area contributed by atoms with Gasteiger partial charge in [0.25, 0.3) is 5.56 Å². The molecule has 0 radical (unpaired) electrons. The first-order valence-electron chi connectivity index (χ1n) is 13.3. The van der Waals surface area contributed by atoms with E-state index in [1.54, 1.807) is 33.7 Å². The number of Topliss-reactive ketones (excluding diaryl/α,β-unsaturated/α-hetero) is 2. The van der Waals surface area contributed by atoms with Crippen LogP contribution in [0.15, 0.2) is 136 Å². The zero-order chi connectivity index (χ0) is 28.2. The monoisotopic (exact) mass is 598 g/mol. The molecule has 2 aliphatic rings. The van der Waals surface area contributed by atoms with Crippen LogP contribution in [0.4, 0.5) is 11.4 Å². The van der Waals surface area contributed by atoms with E-state index in [1.165, 1.54) is 0 Å². The molecule has 1 atom stereocenters. The Morgan fingerprint density at radius 2 is 1.27 bits per heavy atom. The lowest BCUT2D eigenvalue weighted by Crippen LogP contribution is -2.41. The molecule has 0 amide bonds. The second-order valence-corrected chi connectivity index (χ2v) is 11.1.